The van der Waals surface area contributed by atoms with E-state index in [9.17, 15) is 4.79 Å². The van der Waals surface area contributed by atoms with E-state index in [1.807, 2.05) is 24.3 Å². The lowest BCUT2D eigenvalue weighted by Gasteiger charge is -2.05. The van der Waals surface area contributed by atoms with Gasteiger partial charge in [0.15, 0.2) is 0 Å². The molecule has 19 heavy (non-hydrogen) atoms. The van der Waals surface area contributed by atoms with E-state index in [0.717, 1.165) is 20.1 Å². The SMILES string of the molecule is CC(=O)Nc1ccc(Sc2nc(N)ncc2Br)cc1. The Morgan fingerprint density at radius 3 is 2.68 bits per heavy atom. The summed E-state index contributed by atoms with van der Waals surface area (Å²) in [7, 11) is 0. The van der Waals surface area contributed by atoms with Crippen LogP contribution in [0.1, 0.15) is 6.92 Å². The van der Waals surface area contributed by atoms with Gasteiger partial charge in [0.1, 0.15) is 5.03 Å². The fraction of sp³-hybridized carbons (Fsp3) is 0.0833. The molecule has 7 heteroatoms. The number of hydrogen-bond donors (Lipinski definition) is 2. The maximum atomic E-state index is 10.9. The summed E-state index contributed by atoms with van der Waals surface area (Å²) in [6, 6.07) is 7.48. The molecular formula is C12H11BrN4OS. The average Bonchev–Trinajstić information content (AvgIpc) is 2.35. The molecule has 5 nitrogen and oxygen atoms in total. The molecule has 2 rings (SSSR count). The molecule has 0 spiro atoms. The van der Waals surface area contributed by atoms with E-state index in [2.05, 4.69) is 31.2 Å². The first-order valence-corrected chi connectivity index (χ1v) is 6.99. The summed E-state index contributed by atoms with van der Waals surface area (Å²) in [5, 5.41) is 3.46. The first kappa shape index (κ1) is 13.8. The normalized spacial score (nSPS) is 10.2. The van der Waals surface area contributed by atoms with Crippen molar-refractivity contribution >= 4 is 45.2 Å². The zero-order valence-electron chi connectivity index (χ0n) is 10.1. The highest BCUT2D eigenvalue weighted by atomic mass is 79.9. The van der Waals surface area contributed by atoms with E-state index in [4.69, 9.17) is 5.73 Å². The molecule has 1 heterocycles. The minimum Gasteiger partial charge on any atom is -0.368 e. The van der Waals surface area contributed by atoms with Crippen LogP contribution in [0.3, 0.4) is 0 Å². The van der Waals surface area contributed by atoms with Gasteiger partial charge in [-0.25, -0.2) is 9.97 Å². The van der Waals surface area contributed by atoms with Gasteiger partial charge in [-0.2, -0.15) is 0 Å². The zero-order chi connectivity index (χ0) is 13.8. The van der Waals surface area contributed by atoms with Crippen LogP contribution in [-0.4, -0.2) is 15.9 Å². The van der Waals surface area contributed by atoms with Crippen molar-refractivity contribution in [2.24, 2.45) is 0 Å². The number of halogens is 1. The quantitative estimate of drug-likeness (QED) is 0.841. The molecule has 0 aliphatic carbocycles. The van der Waals surface area contributed by atoms with Gasteiger partial charge in [-0.05, 0) is 40.2 Å². The second kappa shape index (κ2) is 6.03. The predicted octanol–water partition coefficient (Wildman–Crippen LogP) is 2.93. The van der Waals surface area contributed by atoms with Crippen LogP contribution in [0.2, 0.25) is 0 Å². The molecule has 0 bridgehead atoms. The van der Waals surface area contributed by atoms with E-state index >= 15 is 0 Å². The number of amides is 1. The molecule has 98 valence electrons. The Morgan fingerprint density at radius 2 is 2.05 bits per heavy atom. The summed E-state index contributed by atoms with van der Waals surface area (Å²) < 4.78 is 0.789. The number of anilines is 2. The van der Waals surface area contributed by atoms with E-state index < -0.39 is 0 Å². The van der Waals surface area contributed by atoms with Gasteiger partial charge in [-0.1, -0.05) is 11.8 Å². The Labute approximate surface area is 123 Å². The third kappa shape index (κ3) is 3.93. The number of carbonyl (C=O) groups excluding carboxylic acids is 1. The maximum absolute atomic E-state index is 10.9. The third-order valence-electron chi connectivity index (χ3n) is 2.12. The monoisotopic (exact) mass is 338 g/mol. The zero-order valence-corrected chi connectivity index (χ0v) is 12.5. The van der Waals surface area contributed by atoms with Crippen LogP contribution >= 0.6 is 27.7 Å². The second-order valence-corrected chi connectivity index (χ2v) is 5.61. The lowest BCUT2D eigenvalue weighted by Crippen LogP contribution is -2.05. The van der Waals surface area contributed by atoms with Gasteiger partial charge in [0.05, 0.1) is 4.47 Å². The molecule has 0 atom stereocenters. The molecule has 3 N–H and O–H groups in total. The van der Waals surface area contributed by atoms with E-state index in [0.29, 0.717) is 0 Å². The van der Waals surface area contributed by atoms with Crippen LogP contribution in [-0.2, 0) is 4.79 Å². The Bertz CT molecular complexity index is 603. The first-order valence-electron chi connectivity index (χ1n) is 5.38. The standard InChI is InChI=1S/C12H11BrN4OS/c1-7(18)16-8-2-4-9(5-3-8)19-11-10(13)6-15-12(14)17-11/h2-6H,1H3,(H,16,18)(H2,14,15,17). The van der Waals surface area contributed by atoms with E-state index in [1.165, 1.54) is 18.7 Å². The van der Waals surface area contributed by atoms with Crippen molar-refractivity contribution in [3.8, 4) is 0 Å². The molecule has 0 aliphatic rings. The summed E-state index contributed by atoms with van der Waals surface area (Å²) in [5.74, 6) is 0.146. The van der Waals surface area contributed by atoms with Crippen molar-refractivity contribution in [2.75, 3.05) is 11.1 Å². The average molecular weight is 339 g/mol. The van der Waals surface area contributed by atoms with E-state index in [1.54, 1.807) is 6.20 Å². The van der Waals surface area contributed by atoms with Crippen LogP contribution in [0.5, 0.6) is 0 Å². The summed E-state index contributed by atoms with van der Waals surface area (Å²) >= 11 is 4.84. The number of nitrogens with zero attached hydrogens (tertiary/aromatic N) is 2. The molecule has 1 amide bonds. The lowest BCUT2D eigenvalue weighted by atomic mass is 10.3. The Morgan fingerprint density at radius 1 is 1.37 bits per heavy atom. The molecule has 2 aromatic rings. The fourth-order valence-electron chi connectivity index (χ4n) is 1.36. The highest BCUT2D eigenvalue weighted by Crippen LogP contribution is 2.32. The fourth-order valence-corrected chi connectivity index (χ4v) is 2.58. The predicted molar refractivity (Wildman–Crippen MR) is 79.0 cm³/mol. The minimum absolute atomic E-state index is 0.0910. The summed E-state index contributed by atoms with van der Waals surface area (Å²) in [6.45, 7) is 1.48. The molecule has 0 aliphatic heterocycles. The van der Waals surface area contributed by atoms with Gasteiger partial charge in [-0.15, -0.1) is 0 Å². The van der Waals surface area contributed by atoms with Crippen LogP contribution in [0.4, 0.5) is 11.6 Å². The molecule has 1 aromatic carbocycles. The van der Waals surface area contributed by atoms with E-state index in [-0.39, 0.29) is 11.9 Å². The highest BCUT2D eigenvalue weighted by Gasteiger charge is 2.06. The van der Waals surface area contributed by atoms with Crippen molar-refractivity contribution in [1.29, 1.82) is 0 Å². The van der Waals surface area contributed by atoms with Crippen LogP contribution in [0.15, 0.2) is 44.9 Å². The smallest absolute Gasteiger partial charge is 0.221 e. The van der Waals surface area contributed by atoms with Gasteiger partial charge in [0.25, 0.3) is 0 Å². The van der Waals surface area contributed by atoms with Crippen molar-refractivity contribution in [3.05, 3.63) is 34.9 Å². The van der Waals surface area contributed by atoms with Gasteiger partial charge < -0.3 is 11.1 Å². The molecule has 0 unspecified atom stereocenters. The Hall–Kier alpha value is -1.60. The van der Waals surface area contributed by atoms with Crippen LogP contribution in [0, 0.1) is 0 Å². The summed E-state index contributed by atoms with van der Waals surface area (Å²) in [6.07, 6.45) is 1.62. The lowest BCUT2D eigenvalue weighted by molar-refractivity contribution is -0.114. The molecule has 0 fully saturated rings. The van der Waals surface area contributed by atoms with Crippen LogP contribution < -0.4 is 11.1 Å². The molecular weight excluding hydrogens is 328 g/mol. The molecule has 0 saturated carbocycles. The van der Waals surface area contributed by atoms with Crippen molar-refractivity contribution in [3.63, 3.8) is 0 Å². The van der Waals surface area contributed by atoms with Gasteiger partial charge in [0, 0.05) is 23.7 Å². The first-order chi connectivity index (χ1) is 9.04. The van der Waals surface area contributed by atoms with Gasteiger partial charge >= 0.3 is 0 Å². The van der Waals surface area contributed by atoms with Crippen LogP contribution in [0.25, 0.3) is 0 Å². The Balaban J connectivity index is 2.15. The molecule has 0 saturated heterocycles. The van der Waals surface area contributed by atoms with Gasteiger partial charge in [-0.3, -0.25) is 4.79 Å². The Kier molecular flexibility index (Phi) is 4.39. The number of hydrogen-bond acceptors (Lipinski definition) is 5. The molecule has 1 aromatic heterocycles. The van der Waals surface area contributed by atoms with Crippen molar-refractivity contribution < 1.29 is 4.79 Å². The number of nitrogens with one attached hydrogen (secondary N) is 1. The highest BCUT2D eigenvalue weighted by molar-refractivity contribution is 9.10. The second-order valence-electron chi connectivity index (χ2n) is 3.69. The summed E-state index contributed by atoms with van der Waals surface area (Å²) in [5.41, 5.74) is 6.32. The number of rotatable bonds is 3. The largest absolute Gasteiger partial charge is 0.368 e. The number of carbonyl (C=O) groups is 1. The summed E-state index contributed by atoms with van der Waals surface area (Å²) in [4.78, 5) is 19.9. The number of aromatic nitrogens is 2. The van der Waals surface area contributed by atoms with Crippen molar-refractivity contribution in [2.45, 2.75) is 16.8 Å². The van der Waals surface area contributed by atoms with Gasteiger partial charge in [0.2, 0.25) is 11.9 Å². The van der Waals surface area contributed by atoms with Crippen molar-refractivity contribution in [1.82, 2.24) is 9.97 Å². The topological polar surface area (TPSA) is 80.9 Å². The minimum atomic E-state index is -0.0910. The maximum Gasteiger partial charge on any atom is 0.221 e. The number of nitrogen functional groups attached to an aromatic ring is 1. The number of benzene rings is 1. The molecule has 0 radical (unpaired) electrons. The number of nitrogens with two attached hydrogens (primary N) is 1. The third-order valence-corrected chi connectivity index (χ3v) is 3.97.